The van der Waals surface area contributed by atoms with E-state index in [0.717, 1.165) is 23.1 Å². The highest BCUT2D eigenvalue weighted by Crippen LogP contribution is 2.38. The summed E-state index contributed by atoms with van der Waals surface area (Å²) in [5, 5.41) is 5.62. The van der Waals surface area contributed by atoms with Crippen LogP contribution in [0.4, 0.5) is 4.39 Å². The second-order valence-electron chi connectivity index (χ2n) is 9.47. The van der Waals surface area contributed by atoms with E-state index in [4.69, 9.17) is 31.3 Å². The molecule has 3 aromatic heterocycles. The maximum Gasteiger partial charge on any atom is 0.163 e. The van der Waals surface area contributed by atoms with E-state index >= 15 is 0 Å². The standard InChI is InChI=1S/C26H25ClFN5O/c1-14-7-22-24(21-6-3-19(27)9-23(21)28)31-25(32-26(22)30-15(14)2)17-8-16(12-34-13-17)18-10-29-33(11-18)20-4-5-20/h3,6-7,9-11,16-17,20H,4-5,8,12-13H2,1-2H3/t16-,17-/m1/s1. The minimum absolute atomic E-state index is 0.0232. The monoisotopic (exact) mass is 477 g/mol. The van der Waals surface area contributed by atoms with Crippen LogP contribution in [0.25, 0.3) is 22.3 Å². The molecule has 1 aliphatic heterocycles. The van der Waals surface area contributed by atoms with Gasteiger partial charge < -0.3 is 4.74 Å². The van der Waals surface area contributed by atoms with E-state index < -0.39 is 5.82 Å². The summed E-state index contributed by atoms with van der Waals surface area (Å²) < 4.78 is 23.0. The maximum absolute atomic E-state index is 15.0. The highest BCUT2D eigenvalue weighted by molar-refractivity contribution is 6.30. The van der Waals surface area contributed by atoms with Gasteiger partial charge in [0.15, 0.2) is 5.65 Å². The molecule has 1 saturated carbocycles. The summed E-state index contributed by atoms with van der Waals surface area (Å²) in [5.41, 5.74) is 4.58. The van der Waals surface area contributed by atoms with Gasteiger partial charge in [0.1, 0.15) is 11.6 Å². The number of rotatable bonds is 4. The van der Waals surface area contributed by atoms with Gasteiger partial charge in [0, 0.05) is 39.7 Å². The number of hydrogen-bond acceptors (Lipinski definition) is 5. The summed E-state index contributed by atoms with van der Waals surface area (Å²) in [6, 6.07) is 7.20. The van der Waals surface area contributed by atoms with Crippen molar-refractivity contribution in [3.05, 3.63) is 70.1 Å². The lowest BCUT2D eigenvalue weighted by Crippen LogP contribution is -2.24. The van der Waals surface area contributed by atoms with E-state index in [1.54, 1.807) is 12.1 Å². The Kier molecular flexibility index (Phi) is 5.34. The number of ether oxygens (including phenoxy) is 1. The molecule has 6 rings (SSSR count). The Morgan fingerprint density at radius 1 is 1.06 bits per heavy atom. The van der Waals surface area contributed by atoms with Crippen molar-refractivity contribution in [1.82, 2.24) is 24.7 Å². The molecule has 2 fully saturated rings. The summed E-state index contributed by atoms with van der Waals surface area (Å²) in [5.74, 6) is 0.410. The number of hydrogen-bond donors (Lipinski definition) is 0. The molecule has 1 saturated heterocycles. The van der Waals surface area contributed by atoms with Crippen molar-refractivity contribution >= 4 is 22.6 Å². The van der Waals surface area contributed by atoms with Gasteiger partial charge in [0.2, 0.25) is 0 Å². The fourth-order valence-electron chi connectivity index (χ4n) is 4.68. The van der Waals surface area contributed by atoms with Crippen molar-refractivity contribution in [1.29, 1.82) is 0 Å². The lowest BCUT2D eigenvalue weighted by atomic mass is 9.88. The number of aryl methyl sites for hydroxylation is 2. The first-order valence-corrected chi connectivity index (χ1v) is 12.1. The second-order valence-corrected chi connectivity index (χ2v) is 9.90. The summed E-state index contributed by atoms with van der Waals surface area (Å²) >= 11 is 6.01. The first-order valence-electron chi connectivity index (χ1n) is 11.7. The van der Waals surface area contributed by atoms with Crippen molar-refractivity contribution < 1.29 is 9.13 Å². The molecule has 4 heterocycles. The Morgan fingerprint density at radius 3 is 2.68 bits per heavy atom. The highest BCUT2D eigenvalue weighted by atomic mass is 35.5. The van der Waals surface area contributed by atoms with Crippen molar-refractivity contribution in [2.24, 2.45) is 0 Å². The summed E-state index contributed by atoms with van der Waals surface area (Å²) in [6.07, 6.45) is 7.35. The number of benzene rings is 1. The Labute approximate surface area is 202 Å². The zero-order valence-electron chi connectivity index (χ0n) is 19.1. The van der Waals surface area contributed by atoms with Crippen molar-refractivity contribution in [3.8, 4) is 11.3 Å². The van der Waals surface area contributed by atoms with Crippen LogP contribution < -0.4 is 0 Å². The Hall–Kier alpha value is -2.90. The largest absolute Gasteiger partial charge is 0.380 e. The normalized spacial score (nSPS) is 20.7. The first-order chi connectivity index (χ1) is 16.5. The van der Waals surface area contributed by atoms with Gasteiger partial charge in [-0.2, -0.15) is 5.10 Å². The number of halogens is 2. The quantitative estimate of drug-likeness (QED) is 0.365. The molecular formula is C26H25ClFN5O. The molecule has 8 heteroatoms. The smallest absolute Gasteiger partial charge is 0.163 e. The molecule has 2 atom stereocenters. The Balaban J connectivity index is 1.41. The van der Waals surface area contributed by atoms with Gasteiger partial charge >= 0.3 is 0 Å². The zero-order chi connectivity index (χ0) is 23.4. The van der Waals surface area contributed by atoms with Crippen molar-refractivity contribution in [2.45, 2.75) is 51.0 Å². The maximum atomic E-state index is 15.0. The van der Waals surface area contributed by atoms with Gasteiger partial charge in [-0.3, -0.25) is 4.68 Å². The molecule has 174 valence electrons. The average molecular weight is 478 g/mol. The van der Waals surface area contributed by atoms with Crippen LogP contribution in [-0.4, -0.2) is 37.9 Å². The molecule has 1 aromatic carbocycles. The molecule has 0 spiro atoms. The van der Waals surface area contributed by atoms with Gasteiger partial charge in [0.05, 0.1) is 31.1 Å². The lowest BCUT2D eigenvalue weighted by Gasteiger charge is -2.28. The molecule has 0 N–H and O–H groups in total. The summed E-state index contributed by atoms with van der Waals surface area (Å²) in [6.45, 7) is 5.11. The minimum Gasteiger partial charge on any atom is -0.380 e. The van der Waals surface area contributed by atoms with Crippen LogP contribution in [0.1, 0.15) is 59.8 Å². The van der Waals surface area contributed by atoms with Crippen LogP contribution in [0.3, 0.4) is 0 Å². The van der Waals surface area contributed by atoms with E-state index in [2.05, 4.69) is 16.0 Å². The molecule has 1 aliphatic carbocycles. The molecule has 0 radical (unpaired) electrons. The van der Waals surface area contributed by atoms with E-state index in [-0.39, 0.29) is 11.8 Å². The van der Waals surface area contributed by atoms with Gasteiger partial charge in [-0.15, -0.1) is 0 Å². The summed E-state index contributed by atoms with van der Waals surface area (Å²) in [7, 11) is 0. The molecule has 0 bridgehead atoms. The molecule has 0 unspecified atom stereocenters. The zero-order valence-corrected chi connectivity index (χ0v) is 19.9. The van der Waals surface area contributed by atoms with Crippen LogP contribution in [0, 0.1) is 19.7 Å². The minimum atomic E-state index is -0.415. The third-order valence-corrected chi connectivity index (χ3v) is 7.16. The number of pyridine rings is 1. The fourth-order valence-corrected chi connectivity index (χ4v) is 4.84. The van der Waals surface area contributed by atoms with Crippen LogP contribution >= 0.6 is 11.6 Å². The van der Waals surface area contributed by atoms with Gasteiger partial charge in [-0.05, 0) is 68.5 Å². The number of aromatic nitrogens is 5. The molecule has 34 heavy (non-hydrogen) atoms. The number of nitrogens with zero attached hydrogens (tertiary/aromatic N) is 5. The Morgan fingerprint density at radius 2 is 1.88 bits per heavy atom. The van der Waals surface area contributed by atoms with Crippen LogP contribution in [-0.2, 0) is 4.74 Å². The number of fused-ring (bicyclic) bond motifs is 1. The van der Waals surface area contributed by atoms with E-state index in [9.17, 15) is 4.39 Å². The summed E-state index contributed by atoms with van der Waals surface area (Å²) in [4.78, 5) is 14.4. The molecule has 4 aromatic rings. The average Bonchev–Trinajstić information content (AvgIpc) is 3.56. The van der Waals surface area contributed by atoms with Crippen LogP contribution in [0.15, 0.2) is 36.7 Å². The molecule has 6 nitrogen and oxygen atoms in total. The highest BCUT2D eigenvalue weighted by Gasteiger charge is 2.31. The van der Waals surface area contributed by atoms with Gasteiger partial charge in [-0.1, -0.05) is 11.6 Å². The SMILES string of the molecule is Cc1cc2c(-c3ccc(Cl)cc3F)nc([C@H]3COC[C@H](c4cnn(C5CC5)c4)C3)nc2nc1C. The van der Waals surface area contributed by atoms with Crippen LogP contribution in [0.2, 0.25) is 5.02 Å². The third kappa shape index (κ3) is 3.97. The predicted molar refractivity (Wildman–Crippen MR) is 129 cm³/mol. The van der Waals surface area contributed by atoms with Crippen LogP contribution in [0.5, 0.6) is 0 Å². The lowest BCUT2D eigenvalue weighted by molar-refractivity contribution is 0.0621. The van der Waals surface area contributed by atoms with E-state index in [1.165, 1.54) is 24.5 Å². The topological polar surface area (TPSA) is 65.7 Å². The predicted octanol–water partition coefficient (Wildman–Crippen LogP) is 5.92. The molecular weight excluding hydrogens is 453 g/mol. The molecule has 2 aliphatic rings. The first kappa shape index (κ1) is 21.6. The van der Waals surface area contributed by atoms with Gasteiger partial charge in [-0.25, -0.2) is 19.3 Å². The Bertz CT molecular complexity index is 1400. The van der Waals surface area contributed by atoms with Gasteiger partial charge in [0.25, 0.3) is 0 Å². The molecule has 0 amide bonds. The van der Waals surface area contributed by atoms with E-state index in [1.807, 2.05) is 26.1 Å². The third-order valence-electron chi connectivity index (χ3n) is 6.92. The fraction of sp³-hybridized carbons (Fsp3) is 0.385. The van der Waals surface area contributed by atoms with E-state index in [0.29, 0.717) is 47.0 Å². The van der Waals surface area contributed by atoms with Crippen molar-refractivity contribution in [3.63, 3.8) is 0 Å². The second kappa shape index (κ2) is 8.40. The van der Waals surface area contributed by atoms with Crippen molar-refractivity contribution in [2.75, 3.05) is 13.2 Å².